The van der Waals surface area contributed by atoms with Gasteiger partial charge < -0.3 is 14.4 Å². The summed E-state index contributed by atoms with van der Waals surface area (Å²) in [6.07, 6.45) is -4.51. The number of alkyl halides is 3. The van der Waals surface area contributed by atoms with E-state index in [1.165, 1.54) is 4.90 Å². The van der Waals surface area contributed by atoms with Crippen LogP contribution in [0.5, 0.6) is 5.75 Å². The number of urea groups is 1. The number of nitrogens with zero attached hydrogens (tertiary/aromatic N) is 2. The lowest BCUT2D eigenvalue weighted by Gasteiger charge is -2.27. The molecule has 0 radical (unpaired) electrons. The second-order valence-corrected chi connectivity index (χ2v) is 8.80. The van der Waals surface area contributed by atoms with Crippen LogP contribution in [0.1, 0.15) is 43.0 Å². The highest BCUT2D eigenvalue weighted by Crippen LogP contribution is 2.33. The topological polar surface area (TPSA) is 76.2 Å². The number of ether oxygens (including phenoxy) is 2. The Bertz CT molecular complexity index is 1120. The number of carbonyl (C=O) groups is 3. The molecule has 10 heteroatoms. The lowest BCUT2D eigenvalue weighted by atomic mass is 10.0. The van der Waals surface area contributed by atoms with E-state index >= 15 is 0 Å². The minimum absolute atomic E-state index is 0.0767. The van der Waals surface area contributed by atoms with Gasteiger partial charge in [0, 0.05) is 6.54 Å². The van der Waals surface area contributed by atoms with Crippen LogP contribution in [0, 0.1) is 13.8 Å². The fourth-order valence-electron chi connectivity index (χ4n) is 3.84. The Balaban J connectivity index is 1.77. The molecule has 1 fully saturated rings. The molecule has 2 aromatic carbocycles. The summed E-state index contributed by atoms with van der Waals surface area (Å²) in [5.41, 5.74) is 0.206. The predicted molar refractivity (Wildman–Crippen MR) is 122 cm³/mol. The van der Waals surface area contributed by atoms with Crippen LogP contribution in [0.15, 0.2) is 36.4 Å². The van der Waals surface area contributed by atoms with E-state index in [1.54, 1.807) is 46.8 Å². The van der Waals surface area contributed by atoms with Gasteiger partial charge in [-0.05, 0) is 75.6 Å². The number of imide groups is 1. The van der Waals surface area contributed by atoms with Gasteiger partial charge in [0.1, 0.15) is 12.3 Å². The first-order valence-corrected chi connectivity index (χ1v) is 11.0. The SMILES string of the molecule is CCOC(=O)C(C)(C)Oc1c(C)cc(CN2CC(=O)N(c3ccc(C(F)(F)F)cc3)C2=O)cc1C. The van der Waals surface area contributed by atoms with Gasteiger partial charge in [-0.25, -0.2) is 14.5 Å². The van der Waals surface area contributed by atoms with Crippen molar-refractivity contribution in [2.75, 3.05) is 18.1 Å². The molecule has 0 N–H and O–H groups in total. The summed E-state index contributed by atoms with van der Waals surface area (Å²) in [5, 5.41) is 0. The molecule has 0 bridgehead atoms. The van der Waals surface area contributed by atoms with Gasteiger partial charge in [0.05, 0.1) is 17.9 Å². The highest BCUT2D eigenvalue weighted by Gasteiger charge is 2.38. The summed E-state index contributed by atoms with van der Waals surface area (Å²) in [6.45, 7) is 8.69. The zero-order valence-electron chi connectivity index (χ0n) is 20.2. The minimum atomic E-state index is -4.51. The van der Waals surface area contributed by atoms with E-state index in [4.69, 9.17) is 9.47 Å². The number of benzene rings is 2. The van der Waals surface area contributed by atoms with E-state index in [9.17, 15) is 27.6 Å². The van der Waals surface area contributed by atoms with E-state index in [0.29, 0.717) is 5.75 Å². The van der Waals surface area contributed by atoms with Crippen molar-refractivity contribution < 1.29 is 37.0 Å². The first-order valence-electron chi connectivity index (χ1n) is 11.0. The van der Waals surface area contributed by atoms with Crippen molar-refractivity contribution in [3.8, 4) is 5.75 Å². The van der Waals surface area contributed by atoms with Crippen molar-refractivity contribution in [1.82, 2.24) is 4.90 Å². The Morgan fingerprint density at radius 1 is 1.03 bits per heavy atom. The zero-order valence-corrected chi connectivity index (χ0v) is 20.2. The molecule has 35 heavy (non-hydrogen) atoms. The summed E-state index contributed by atoms with van der Waals surface area (Å²) in [5.74, 6) is -0.506. The van der Waals surface area contributed by atoms with Crippen molar-refractivity contribution in [3.63, 3.8) is 0 Å². The maximum atomic E-state index is 12.9. The number of rotatable bonds is 7. The largest absolute Gasteiger partial charge is 0.476 e. The average molecular weight is 492 g/mol. The number of halogens is 3. The van der Waals surface area contributed by atoms with E-state index < -0.39 is 35.2 Å². The van der Waals surface area contributed by atoms with Gasteiger partial charge in [-0.15, -0.1) is 0 Å². The van der Waals surface area contributed by atoms with Crippen LogP contribution in [0.2, 0.25) is 0 Å². The predicted octanol–water partition coefficient (Wildman–Crippen LogP) is 5.01. The smallest absolute Gasteiger partial charge is 0.416 e. The molecule has 0 aliphatic carbocycles. The van der Waals surface area contributed by atoms with E-state index in [-0.39, 0.29) is 25.4 Å². The maximum absolute atomic E-state index is 12.9. The first-order chi connectivity index (χ1) is 16.2. The quantitative estimate of drug-likeness (QED) is 0.401. The third-order valence-corrected chi connectivity index (χ3v) is 5.51. The van der Waals surface area contributed by atoms with Crippen molar-refractivity contribution >= 4 is 23.6 Å². The van der Waals surface area contributed by atoms with Crippen LogP contribution >= 0.6 is 0 Å². The van der Waals surface area contributed by atoms with Gasteiger partial charge in [-0.3, -0.25) is 4.79 Å². The Morgan fingerprint density at radius 2 is 1.60 bits per heavy atom. The van der Waals surface area contributed by atoms with Crippen LogP contribution in [-0.4, -0.2) is 41.6 Å². The van der Waals surface area contributed by atoms with Gasteiger partial charge in [0.2, 0.25) is 0 Å². The van der Waals surface area contributed by atoms with Gasteiger partial charge >= 0.3 is 18.2 Å². The third kappa shape index (κ3) is 5.58. The third-order valence-electron chi connectivity index (χ3n) is 5.51. The number of anilines is 1. The van der Waals surface area contributed by atoms with Crippen LogP contribution < -0.4 is 9.64 Å². The molecule has 1 heterocycles. The summed E-state index contributed by atoms with van der Waals surface area (Å²) in [4.78, 5) is 39.8. The zero-order chi connectivity index (χ0) is 26.1. The molecule has 0 spiro atoms. The number of aryl methyl sites for hydroxylation is 2. The summed E-state index contributed by atoms with van der Waals surface area (Å²) in [7, 11) is 0. The number of esters is 1. The normalized spacial score (nSPS) is 14.5. The van der Waals surface area contributed by atoms with Gasteiger partial charge in [0.15, 0.2) is 5.60 Å². The number of amides is 3. The Morgan fingerprint density at radius 3 is 2.11 bits per heavy atom. The Kier molecular flexibility index (Phi) is 7.14. The van der Waals surface area contributed by atoms with Crippen molar-refractivity contribution in [2.24, 2.45) is 0 Å². The second kappa shape index (κ2) is 9.59. The monoisotopic (exact) mass is 492 g/mol. The van der Waals surface area contributed by atoms with Crippen molar-refractivity contribution in [2.45, 2.75) is 52.9 Å². The summed E-state index contributed by atoms with van der Waals surface area (Å²) < 4.78 is 49.5. The molecule has 3 amide bonds. The molecule has 188 valence electrons. The number of hydrogen-bond acceptors (Lipinski definition) is 5. The van der Waals surface area contributed by atoms with E-state index in [1.807, 2.05) is 0 Å². The van der Waals surface area contributed by atoms with Crippen LogP contribution in [0.25, 0.3) is 0 Å². The molecule has 0 aromatic heterocycles. The molecule has 0 unspecified atom stereocenters. The number of carbonyl (C=O) groups excluding carboxylic acids is 3. The van der Waals surface area contributed by atoms with E-state index in [2.05, 4.69) is 0 Å². The molecule has 3 rings (SSSR count). The molecule has 2 aromatic rings. The van der Waals surface area contributed by atoms with Crippen molar-refractivity contribution in [1.29, 1.82) is 0 Å². The fourth-order valence-corrected chi connectivity index (χ4v) is 3.84. The summed E-state index contributed by atoms with van der Waals surface area (Å²) >= 11 is 0. The minimum Gasteiger partial charge on any atom is -0.476 e. The lowest BCUT2D eigenvalue weighted by molar-refractivity contribution is -0.158. The van der Waals surface area contributed by atoms with Crippen LogP contribution in [0.3, 0.4) is 0 Å². The maximum Gasteiger partial charge on any atom is 0.416 e. The fraction of sp³-hybridized carbons (Fsp3) is 0.400. The van der Waals surface area contributed by atoms with E-state index in [0.717, 1.165) is 45.9 Å². The van der Waals surface area contributed by atoms with Crippen LogP contribution in [0.4, 0.5) is 23.7 Å². The average Bonchev–Trinajstić information content (AvgIpc) is 3.03. The van der Waals surface area contributed by atoms with Gasteiger partial charge in [-0.2, -0.15) is 13.2 Å². The molecular formula is C25H27F3N2O5. The highest BCUT2D eigenvalue weighted by atomic mass is 19.4. The molecule has 0 saturated carbocycles. The standard InChI is InChI=1S/C25H27F3N2O5/c1-6-34-22(32)24(4,5)35-21-15(2)11-17(12-16(21)3)13-29-14-20(31)30(23(29)33)19-9-7-18(8-10-19)25(26,27)28/h7-12H,6,13-14H2,1-5H3. The molecule has 1 aliphatic heterocycles. The molecule has 1 aliphatic rings. The highest BCUT2D eigenvalue weighted by molar-refractivity contribution is 6.19. The van der Waals surface area contributed by atoms with Gasteiger partial charge in [-0.1, -0.05) is 12.1 Å². The lowest BCUT2D eigenvalue weighted by Crippen LogP contribution is -2.40. The molecule has 1 saturated heterocycles. The summed E-state index contributed by atoms with van der Waals surface area (Å²) in [6, 6.07) is 6.85. The molecular weight excluding hydrogens is 465 g/mol. The Hall–Kier alpha value is -3.56. The van der Waals surface area contributed by atoms with Crippen molar-refractivity contribution in [3.05, 3.63) is 58.7 Å². The van der Waals surface area contributed by atoms with Crippen LogP contribution in [-0.2, 0) is 27.0 Å². The number of hydrogen-bond donors (Lipinski definition) is 0. The Labute approximate surface area is 201 Å². The second-order valence-electron chi connectivity index (χ2n) is 8.80. The molecule has 0 atom stereocenters. The van der Waals surface area contributed by atoms with Gasteiger partial charge in [0.25, 0.3) is 5.91 Å². The molecule has 7 nitrogen and oxygen atoms in total. The first kappa shape index (κ1) is 26.1.